The van der Waals surface area contributed by atoms with Crippen molar-refractivity contribution in [1.82, 2.24) is 0 Å². The van der Waals surface area contributed by atoms with Crippen LogP contribution in [-0.4, -0.2) is 48.5 Å². The largest absolute Gasteiger partial charge is 0.544 e. The first-order valence-electron chi connectivity index (χ1n) is 4.65. The van der Waals surface area contributed by atoms with E-state index in [1.165, 1.54) is 0 Å². The third kappa shape index (κ3) is 5.30. The first kappa shape index (κ1) is 16.6. The molecule has 0 aliphatic heterocycles. The minimum Gasteiger partial charge on any atom is -0.544 e. The van der Waals surface area contributed by atoms with Crippen LogP contribution in [0.2, 0.25) is 0 Å². The normalized spacial score (nSPS) is 12.7. The van der Waals surface area contributed by atoms with Gasteiger partial charge in [-0.3, -0.25) is 9.59 Å². The zero-order valence-electron chi connectivity index (χ0n) is 9.61. The summed E-state index contributed by atoms with van der Waals surface area (Å²) in [4.78, 5) is 31.8. The van der Waals surface area contributed by atoms with Gasteiger partial charge in [-0.1, -0.05) is 0 Å². The summed E-state index contributed by atoms with van der Waals surface area (Å²) in [6.07, 6.45) is -2.14. The molecule has 9 heteroatoms. The van der Waals surface area contributed by atoms with Gasteiger partial charge in [0, 0.05) is 0 Å². The lowest BCUT2D eigenvalue weighted by Gasteiger charge is -2.24. The van der Waals surface area contributed by atoms with E-state index in [0.29, 0.717) is 0 Å². The number of carboxylic acids is 1. The third-order valence-electron chi connectivity index (χ3n) is 1.76. The zero-order chi connectivity index (χ0) is 14.3. The van der Waals surface area contributed by atoms with Crippen LogP contribution in [0.4, 0.5) is 8.78 Å². The summed E-state index contributed by atoms with van der Waals surface area (Å²) in [5.74, 6) is -9.04. The number of esters is 2. The van der Waals surface area contributed by atoms with E-state index in [1.807, 2.05) is 0 Å². The molecule has 104 valence electrons. The van der Waals surface area contributed by atoms with Crippen LogP contribution in [0.15, 0.2) is 0 Å². The molecule has 0 aromatic heterocycles. The molecule has 18 heavy (non-hydrogen) atoms. The molecular weight excluding hydrogens is 274 g/mol. The molecule has 0 saturated heterocycles. The van der Waals surface area contributed by atoms with E-state index in [2.05, 4.69) is 9.47 Å². The maximum Gasteiger partial charge on any atom is 0.322 e. The van der Waals surface area contributed by atoms with Crippen LogP contribution >= 0.6 is 11.8 Å². The Morgan fingerprint density at radius 1 is 1.28 bits per heavy atom. The molecule has 0 aromatic rings. The second kappa shape index (κ2) is 7.14. The highest BCUT2D eigenvalue weighted by molar-refractivity contribution is 8.00. The van der Waals surface area contributed by atoms with Gasteiger partial charge in [0.1, 0.15) is 5.97 Å². The third-order valence-corrected chi connectivity index (χ3v) is 2.64. The standard InChI is InChI=1S/C9H12F2O6S/c1-5(9(10,11)8(14)15)17-7(13)4-18-3-6(12)16-2/h5H,3-4H2,1-2H3,(H,14,15)/p-1. The molecule has 0 aliphatic carbocycles. The maximum atomic E-state index is 12.8. The number of methoxy groups -OCH3 is 1. The zero-order valence-corrected chi connectivity index (χ0v) is 10.4. The van der Waals surface area contributed by atoms with Crippen LogP contribution < -0.4 is 5.11 Å². The first-order chi connectivity index (χ1) is 8.21. The van der Waals surface area contributed by atoms with E-state index in [0.717, 1.165) is 25.8 Å². The Morgan fingerprint density at radius 2 is 1.78 bits per heavy atom. The smallest absolute Gasteiger partial charge is 0.322 e. The maximum absolute atomic E-state index is 12.8. The predicted octanol–water partition coefficient (Wildman–Crippen LogP) is -0.791. The number of carboxylic acid groups (broad SMARTS) is 1. The van der Waals surface area contributed by atoms with Gasteiger partial charge in [0.2, 0.25) is 0 Å². The minimum absolute atomic E-state index is 0.142. The van der Waals surface area contributed by atoms with Gasteiger partial charge >= 0.3 is 17.9 Å². The van der Waals surface area contributed by atoms with Crippen molar-refractivity contribution in [3.05, 3.63) is 0 Å². The molecule has 0 rings (SSSR count). The van der Waals surface area contributed by atoms with Crippen molar-refractivity contribution >= 4 is 29.7 Å². The molecule has 0 fully saturated rings. The molecule has 0 N–H and O–H groups in total. The van der Waals surface area contributed by atoms with Crippen molar-refractivity contribution in [2.75, 3.05) is 18.6 Å². The van der Waals surface area contributed by atoms with Gasteiger partial charge in [0.15, 0.2) is 6.10 Å². The van der Waals surface area contributed by atoms with Crippen LogP contribution in [-0.2, 0) is 23.9 Å². The highest BCUT2D eigenvalue weighted by atomic mass is 32.2. The second-order valence-electron chi connectivity index (χ2n) is 3.11. The fraction of sp³-hybridized carbons (Fsp3) is 0.667. The number of carbonyl (C=O) groups excluding carboxylic acids is 3. The summed E-state index contributed by atoms with van der Waals surface area (Å²) < 4.78 is 34.1. The summed E-state index contributed by atoms with van der Waals surface area (Å²) in [6.45, 7) is 0.735. The monoisotopic (exact) mass is 285 g/mol. The van der Waals surface area contributed by atoms with Crippen molar-refractivity contribution in [2.45, 2.75) is 19.0 Å². The number of aliphatic carboxylic acids is 1. The van der Waals surface area contributed by atoms with Gasteiger partial charge in [-0.15, -0.1) is 11.8 Å². The van der Waals surface area contributed by atoms with E-state index in [4.69, 9.17) is 0 Å². The highest BCUT2D eigenvalue weighted by Gasteiger charge is 2.41. The van der Waals surface area contributed by atoms with Crippen LogP contribution in [0.25, 0.3) is 0 Å². The molecule has 6 nitrogen and oxygen atoms in total. The number of hydrogen-bond acceptors (Lipinski definition) is 7. The number of carbonyl (C=O) groups is 3. The fourth-order valence-electron chi connectivity index (χ4n) is 0.748. The lowest BCUT2D eigenvalue weighted by Crippen LogP contribution is -2.50. The van der Waals surface area contributed by atoms with E-state index in [-0.39, 0.29) is 11.5 Å². The number of ether oxygens (including phenoxy) is 2. The van der Waals surface area contributed by atoms with Crippen LogP contribution in [0.5, 0.6) is 0 Å². The Balaban J connectivity index is 4.09. The molecule has 0 saturated carbocycles. The Labute approximate surface area is 106 Å². The Morgan fingerprint density at radius 3 is 2.22 bits per heavy atom. The van der Waals surface area contributed by atoms with E-state index >= 15 is 0 Å². The molecule has 0 spiro atoms. The van der Waals surface area contributed by atoms with Crippen molar-refractivity contribution < 1.29 is 37.7 Å². The average molecular weight is 285 g/mol. The number of rotatable bonds is 7. The van der Waals surface area contributed by atoms with Gasteiger partial charge in [0.25, 0.3) is 0 Å². The molecule has 0 heterocycles. The fourth-order valence-corrected chi connectivity index (χ4v) is 1.37. The van der Waals surface area contributed by atoms with Gasteiger partial charge in [-0.05, 0) is 6.92 Å². The van der Waals surface area contributed by atoms with Crippen molar-refractivity contribution in [3.8, 4) is 0 Å². The minimum atomic E-state index is -4.26. The number of hydrogen-bond donors (Lipinski definition) is 0. The van der Waals surface area contributed by atoms with E-state index in [1.54, 1.807) is 0 Å². The Kier molecular flexibility index (Phi) is 6.60. The number of thioether (sulfide) groups is 1. The topological polar surface area (TPSA) is 92.7 Å². The molecule has 0 radical (unpaired) electrons. The first-order valence-corrected chi connectivity index (χ1v) is 5.80. The SMILES string of the molecule is COC(=O)CSCC(=O)OC(C)C(F)(F)C(=O)[O-]. The van der Waals surface area contributed by atoms with Crippen LogP contribution in [0, 0.1) is 0 Å². The summed E-state index contributed by atoms with van der Waals surface area (Å²) >= 11 is 0.798. The molecular formula is C9H11F2O6S-. The lowest BCUT2D eigenvalue weighted by atomic mass is 10.2. The van der Waals surface area contributed by atoms with Gasteiger partial charge in [0.05, 0.1) is 18.6 Å². The van der Waals surface area contributed by atoms with Crippen LogP contribution in [0.3, 0.4) is 0 Å². The summed E-state index contributed by atoms with van der Waals surface area (Å²) in [5, 5.41) is 10.1. The van der Waals surface area contributed by atoms with Gasteiger partial charge in [-0.25, -0.2) is 0 Å². The molecule has 1 atom stereocenters. The molecule has 0 bridgehead atoms. The molecule has 0 amide bonds. The number of alkyl halides is 2. The Bertz CT molecular complexity index is 333. The second-order valence-corrected chi connectivity index (χ2v) is 4.10. The van der Waals surface area contributed by atoms with E-state index in [9.17, 15) is 28.3 Å². The molecule has 0 aliphatic rings. The predicted molar refractivity (Wildman–Crippen MR) is 54.8 cm³/mol. The lowest BCUT2D eigenvalue weighted by molar-refractivity contribution is -0.335. The summed E-state index contributed by atoms with van der Waals surface area (Å²) in [5.41, 5.74) is 0. The van der Waals surface area contributed by atoms with Gasteiger partial charge in [-0.2, -0.15) is 8.78 Å². The Hall–Kier alpha value is -1.38. The van der Waals surface area contributed by atoms with Gasteiger partial charge < -0.3 is 19.4 Å². The number of halogens is 2. The van der Waals surface area contributed by atoms with Crippen molar-refractivity contribution in [2.24, 2.45) is 0 Å². The highest BCUT2D eigenvalue weighted by Crippen LogP contribution is 2.20. The summed E-state index contributed by atoms with van der Waals surface area (Å²) in [6, 6.07) is 0. The van der Waals surface area contributed by atoms with Crippen molar-refractivity contribution in [1.29, 1.82) is 0 Å². The molecule has 0 aromatic carbocycles. The molecule has 1 unspecified atom stereocenters. The quantitative estimate of drug-likeness (QED) is 0.566. The average Bonchev–Trinajstić information content (AvgIpc) is 2.28. The van der Waals surface area contributed by atoms with Crippen LogP contribution in [0.1, 0.15) is 6.92 Å². The van der Waals surface area contributed by atoms with E-state index < -0.39 is 29.9 Å². The summed E-state index contributed by atoms with van der Waals surface area (Å²) in [7, 11) is 1.16. The van der Waals surface area contributed by atoms with Crippen molar-refractivity contribution in [3.63, 3.8) is 0 Å².